The minimum atomic E-state index is -0.222. The largest absolute Gasteiger partial charge is 0.496 e. The van der Waals surface area contributed by atoms with Crippen LogP contribution in [0.1, 0.15) is 63.4 Å². The minimum absolute atomic E-state index is 0.176. The van der Waals surface area contributed by atoms with E-state index in [-0.39, 0.29) is 11.8 Å². The number of thioether (sulfide) groups is 1. The third kappa shape index (κ3) is 4.68. The van der Waals surface area contributed by atoms with Crippen molar-refractivity contribution in [2.75, 3.05) is 18.2 Å². The van der Waals surface area contributed by atoms with E-state index in [1.54, 1.807) is 30.6 Å². The van der Waals surface area contributed by atoms with Gasteiger partial charge in [-0.2, -0.15) is 0 Å². The molecule has 0 aliphatic heterocycles. The Balaban J connectivity index is 1.18. The predicted octanol–water partition coefficient (Wildman–Crippen LogP) is 6.55. The molecule has 0 unspecified atom stereocenters. The van der Waals surface area contributed by atoms with Crippen molar-refractivity contribution >= 4 is 50.8 Å². The standard InChI is InChI=1S/C29H29N3O3S2/c1-35-25-13-7-4-10-21(25)28(34)30-18-14-15-22-26(16-18)37-29(31-22)36-17-27(33)32-23-11-5-2-8-19(23)20-9-3-6-12-24(20)32/h4,7,10,13-16H,2-3,5-6,8-9,11-12,17H2,1H3,(H,30,34). The average molecular weight is 532 g/mol. The number of para-hydroxylation sites is 1. The van der Waals surface area contributed by atoms with Gasteiger partial charge in [-0.25, -0.2) is 4.98 Å². The Hall–Kier alpha value is -3.10. The maximum absolute atomic E-state index is 13.5. The van der Waals surface area contributed by atoms with Gasteiger partial charge in [-0.3, -0.25) is 14.2 Å². The molecule has 2 heterocycles. The Morgan fingerprint density at radius 2 is 1.70 bits per heavy atom. The molecule has 1 amide bonds. The van der Waals surface area contributed by atoms with Gasteiger partial charge in [0.05, 0.1) is 28.6 Å². The zero-order valence-corrected chi connectivity index (χ0v) is 22.5. The monoisotopic (exact) mass is 531 g/mol. The topological polar surface area (TPSA) is 73.2 Å². The SMILES string of the molecule is COc1ccccc1C(=O)Nc1ccc2nc(SCC(=O)n3c4c(c5c3CCCC5)CCCC4)sc2c1. The predicted molar refractivity (Wildman–Crippen MR) is 150 cm³/mol. The van der Waals surface area contributed by atoms with Crippen molar-refractivity contribution in [3.05, 3.63) is 70.5 Å². The Kier molecular flexibility index (Phi) is 6.78. The molecular formula is C29H29N3O3S2. The van der Waals surface area contributed by atoms with Crippen LogP contribution >= 0.6 is 23.1 Å². The molecule has 0 spiro atoms. The van der Waals surface area contributed by atoms with Crippen LogP contribution in [-0.4, -0.2) is 34.2 Å². The van der Waals surface area contributed by atoms with E-state index in [0.717, 1.165) is 40.2 Å². The number of anilines is 1. The van der Waals surface area contributed by atoms with Crippen molar-refractivity contribution in [3.8, 4) is 5.75 Å². The highest BCUT2D eigenvalue weighted by molar-refractivity contribution is 8.01. The number of methoxy groups -OCH3 is 1. The Labute approximate surface area is 224 Å². The molecule has 8 heteroatoms. The number of nitrogens with one attached hydrogen (secondary N) is 1. The van der Waals surface area contributed by atoms with E-state index in [9.17, 15) is 9.59 Å². The molecule has 0 saturated carbocycles. The lowest BCUT2D eigenvalue weighted by Crippen LogP contribution is -2.21. The zero-order valence-electron chi connectivity index (χ0n) is 20.8. The molecule has 0 fully saturated rings. The summed E-state index contributed by atoms with van der Waals surface area (Å²) in [5.41, 5.74) is 7.56. The van der Waals surface area contributed by atoms with E-state index >= 15 is 0 Å². The van der Waals surface area contributed by atoms with Crippen LogP contribution in [0.5, 0.6) is 5.75 Å². The summed E-state index contributed by atoms with van der Waals surface area (Å²) >= 11 is 3.06. The highest BCUT2D eigenvalue weighted by atomic mass is 32.2. The summed E-state index contributed by atoms with van der Waals surface area (Å²) in [5.74, 6) is 0.868. The Morgan fingerprint density at radius 1 is 1.00 bits per heavy atom. The molecule has 4 aromatic rings. The second-order valence-electron chi connectivity index (χ2n) is 9.60. The van der Waals surface area contributed by atoms with Crippen LogP contribution in [0, 0.1) is 0 Å². The van der Waals surface area contributed by atoms with Gasteiger partial charge in [0.1, 0.15) is 5.75 Å². The molecule has 6 rings (SSSR count). The van der Waals surface area contributed by atoms with Crippen molar-refractivity contribution < 1.29 is 14.3 Å². The van der Waals surface area contributed by atoms with E-state index in [1.807, 2.05) is 30.3 Å². The molecule has 1 N–H and O–H groups in total. The number of carbonyl (C=O) groups excluding carboxylic acids is 2. The fourth-order valence-corrected chi connectivity index (χ4v) is 7.61. The summed E-state index contributed by atoms with van der Waals surface area (Å²) in [7, 11) is 1.55. The van der Waals surface area contributed by atoms with Crippen LogP contribution < -0.4 is 10.1 Å². The third-order valence-electron chi connectivity index (χ3n) is 7.33. The van der Waals surface area contributed by atoms with Crippen molar-refractivity contribution in [2.45, 2.75) is 55.7 Å². The number of fused-ring (bicyclic) bond motifs is 4. The number of thiazole rings is 1. The first kappa shape index (κ1) is 24.2. The van der Waals surface area contributed by atoms with E-state index in [0.29, 0.717) is 22.8 Å². The van der Waals surface area contributed by atoms with Gasteiger partial charge < -0.3 is 10.1 Å². The summed E-state index contributed by atoms with van der Waals surface area (Å²) < 4.78 is 9.23. The molecule has 0 saturated heterocycles. The molecule has 2 aromatic heterocycles. The molecule has 2 aliphatic rings. The molecule has 2 aliphatic carbocycles. The van der Waals surface area contributed by atoms with E-state index < -0.39 is 0 Å². The number of carbonyl (C=O) groups is 2. The number of nitrogens with zero attached hydrogens (tertiary/aromatic N) is 2. The van der Waals surface area contributed by atoms with Crippen molar-refractivity contribution in [1.82, 2.24) is 9.55 Å². The summed E-state index contributed by atoms with van der Waals surface area (Å²) in [4.78, 5) is 31.0. The summed E-state index contributed by atoms with van der Waals surface area (Å²) in [5, 5.41) is 2.96. The van der Waals surface area contributed by atoms with Crippen molar-refractivity contribution in [1.29, 1.82) is 0 Å². The lowest BCUT2D eigenvalue weighted by Gasteiger charge is -2.16. The second-order valence-corrected chi connectivity index (χ2v) is 11.9. The first-order valence-corrected chi connectivity index (χ1v) is 14.7. The van der Waals surface area contributed by atoms with Crippen LogP contribution in [0.15, 0.2) is 46.8 Å². The van der Waals surface area contributed by atoms with Gasteiger partial charge in [0, 0.05) is 17.1 Å². The fraction of sp³-hybridized carbons (Fsp3) is 0.345. The number of rotatable bonds is 6. The number of ether oxygens (including phenoxy) is 1. The first-order valence-electron chi connectivity index (χ1n) is 12.9. The minimum Gasteiger partial charge on any atom is -0.496 e. The summed E-state index contributed by atoms with van der Waals surface area (Å²) in [6.07, 6.45) is 9.09. The quantitative estimate of drug-likeness (QED) is 0.286. The van der Waals surface area contributed by atoms with Gasteiger partial charge in [-0.05, 0) is 92.8 Å². The van der Waals surface area contributed by atoms with Crippen LogP contribution in [0.2, 0.25) is 0 Å². The van der Waals surface area contributed by atoms with Crippen molar-refractivity contribution in [3.63, 3.8) is 0 Å². The highest BCUT2D eigenvalue weighted by Gasteiger charge is 2.28. The summed E-state index contributed by atoms with van der Waals surface area (Å²) in [6, 6.07) is 12.9. The van der Waals surface area contributed by atoms with Crippen LogP contribution in [0.4, 0.5) is 5.69 Å². The maximum atomic E-state index is 13.5. The van der Waals surface area contributed by atoms with Gasteiger partial charge in [-0.1, -0.05) is 23.9 Å². The Bertz CT molecular complexity index is 1470. The van der Waals surface area contributed by atoms with Gasteiger partial charge in [0.2, 0.25) is 5.91 Å². The highest BCUT2D eigenvalue weighted by Crippen LogP contribution is 2.36. The van der Waals surface area contributed by atoms with Crippen molar-refractivity contribution in [2.24, 2.45) is 0 Å². The van der Waals surface area contributed by atoms with Gasteiger partial charge >= 0.3 is 0 Å². The zero-order chi connectivity index (χ0) is 25.4. The number of hydrogen-bond donors (Lipinski definition) is 1. The second kappa shape index (κ2) is 10.3. The molecule has 37 heavy (non-hydrogen) atoms. The molecule has 190 valence electrons. The van der Waals surface area contributed by atoms with Crippen LogP contribution in [-0.2, 0) is 25.7 Å². The smallest absolute Gasteiger partial charge is 0.259 e. The number of benzene rings is 2. The lowest BCUT2D eigenvalue weighted by atomic mass is 9.89. The van der Waals surface area contributed by atoms with E-state index in [4.69, 9.17) is 9.72 Å². The number of amides is 1. The molecule has 6 nitrogen and oxygen atoms in total. The van der Waals surface area contributed by atoms with Gasteiger partial charge in [-0.15, -0.1) is 11.3 Å². The van der Waals surface area contributed by atoms with E-state index in [2.05, 4.69) is 9.88 Å². The van der Waals surface area contributed by atoms with Crippen LogP contribution in [0.3, 0.4) is 0 Å². The average Bonchev–Trinajstić information content (AvgIpc) is 3.50. The van der Waals surface area contributed by atoms with Crippen LogP contribution in [0.25, 0.3) is 10.2 Å². The maximum Gasteiger partial charge on any atom is 0.259 e. The summed E-state index contributed by atoms with van der Waals surface area (Å²) in [6.45, 7) is 0. The molecular weight excluding hydrogens is 502 g/mol. The lowest BCUT2D eigenvalue weighted by molar-refractivity contribution is 0.0934. The number of aromatic nitrogens is 2. The van der Waals surface area contributed by atoms with E-state index in [1.165, 1.54) is 60.0 Å². The fourth-order valence-electron chi connectivity index (χ4n) is 5.65. The first-order chi connectivity index (χ1) is 18.1. The number of hydrogen-bond acceptors (Lipinski definition) is 6. The molecule has 0 atom stereocenters. The Morgan fingerprint density at radius 3 is 2.43 bits per heavy atom. The van der Waals surface area contributed by atoms with Gasteiger partial charge in [0.25, 0.3) is 5.91 Å². The third-order valence-corrected chi connectivity index (χ3v) is 9.47. The molecule has 0 radical (unpaired) electrons. The normalized spacial score (nSPS) is 14.7. The molecule has 2 aromatic carbocycles. The molecule has 0 bridgehead atoms. The van der Waals surface area contributed by atoms with Gasteiger partial charge in [0.15, 0.2) is 4.34 Å².